The SMILES string of the molecule is COc1ccc(CN2CCC[C@H](c3nnc(C)o3)[C@@H]2C)c(Cl)c1. The largest absolute Gasteiger partial charge is 0.497 e. The molecule has 0 unspecified atom stereocenters. The van der Waals surface area contributed by atoms with Gasteiger partial charge in [-0.1, -0.05) is 17.7 Å². The van der Waals surface area contributed by atoms with Crippen molar-refractivity contribution in [2.75, 3.05) is 13.7 Å². The molecule has 0 saturated carbocycles. The summed E-state index contributed by atoms with van der Waals surface area (Å²) in [5, 5.41) is 8.93. The summed E-state index contributed by atoms with van der Waals surface area (Å²) in [6.45, 7) is 5.92. The molecule has 1 aromatic carbocycles. The van der Waals surface area contributed by atoms with Crippen LogP contribution < -0.4 is 4.74 Å². The number of aryl methyl sites for hydroxylation is 1. The minimum absolute atomic E-state index is 0.280. The molecule has 0 aliphatic carbocycles. The number of hydrogen-bond donors (Lipinski definition) is 0. The van der Waals surface area contributed by atoms with Crippen molar-refractivity contribution in [3.05, 3.63) is 40.6 Å². The van der Waals surface area contributed by atoms with Crippen LogP contribution in [0.5, 0.6) is 5.75 Å². The van der Waals surface area contributed by atoms with E-state index in [0.717, 1.165) is 48.2 Å². The first-order chi connectivity index (χ1) is 11.1. The summed E-state index contributed by atoms with van der Waals surface area (Å²) >= 11 is 6.38. The van der Waals surface area contributed by atoms with Gasteiger partial charge < -0.3 is 9.15 Å². The molecule has 1 saturated heterocycles. The van der Waals surface area contributed by atoms with E-state index in [1.165, 1.54) is 0 Å². The Morgan fingerprint density at radius 2 is 2.22 bits per heavy atom. The molecule has 5 nitrogen and oxygen atoms in total. The first kappa shape index (κ1) is 16.3. The second-order valence-corrected chi connectivity index (χ2v) is 6.48. The third kappa shape index (κ3) is 3.51. The van der Waals surface area contributed by atoms with E-state index in [2.05, 4.69) is 22.0 Å². The van der Waals surface area contributed by atoms with Crippen molar-refractivity contribution in [1.82, 2.24) is 15.1 Å². The lowest BCUT2D eigenvalue weighted by Gasteiger charge is -2.38. The molecule has 3 rings (SSSR count). The molecule has 1 aliphatic rings. The zero-order valence-corrected chi connectivity index (χ0v) is 14.5. The lowest BCUT2D eigenvalue weighted by Crippen LogP contribution is -2.41. The number of halogens is 1. The molecule has 1 aliphatic heterocycles. The van der Waals surface area contributed by atoms with Gasteiger partial charge in [-0.05, 0) is 44.0 Å². The van der Waals surface area contributed by atoms with Crippen molar-refractivity contribution in [1.29, 1.82) is 0 Å². The smallest absolute Gasteiger partial charge is 0.221 e. The fourth-order valence-electron chi connectivity index (χ4n) is 3.23. The monoisotopic (exact) mass is 335 g/mol. The van der Waals surface area contributed by atoms with Gasteiger partial charge in [-0.15, -0.1) is 10.2 Å². The Hall–Kier alpha value is -1.59. The molecule has 2 aromatic rings. The maximum Gasteiger partial charge on any atom is 0.221 e. The molecule has 6 heteroatoms. The minimum atomic E-state index is 0.280. The standard InChI is InChI=1S/C17H22ClN3O2/c1-11-15(17-20-19-12(2)23-17)5-4-8-21(11)10-13-6-7-14(22-3)9-16(13)18/h6-7,9,11,15H,4-5,8,10H2,1-3H3/t11-,15-/m0/s1. The average Bonchev–Trinajstić information content (AvgIpc) is 2.97. The summed E-state index contributed by atoms with van der Waals surface area (Å²) in [6.07, 6.45) is 2.19. The number of aromatic nitrogens is 2. The van der Waals surface area contributed by atoms with Gasteiger partial charge in [0.25, 0.3) is 0 Å². The third-order valence-corrected chi connectivity index (χ3v) is 4.96. The van der Waals surface area contributed by atoms with Crippen LogP contribution in [-0.2, 0) is 6.54 Å². The van der Waals surface area contributed by atoms with Gasteiger partial charge in [0.2, 0.25) is 11.8 Å². The van der Waals surface area contributed by atoms with Crippen LogP contribution in [0.2, 0.25) is 5.02 Å². The van der Waals surface area contributed by atoms with Crippen LogP contribution in [0.25, 0.3) is 0 Å². The van der Waals surface area contributed by atoms with Crippen LogP contribution >= 0.6 is 11.6 Å². The Kier molecular flexibility index (Phi) is 4.87. The van der Waals surface area contributed by atoms with Crippen LogP contribution in [0.4, 0.5) is 0 Å². The summed E-state index contributed by atoms with van der Waals surface area (Å²) < 4.78 is 10.9. The third-order valence-electron chi connectivity index (χ3n) is 4.61. The van der Waals surface area contributed by atoms with E-state index in [1.54, 1.807) is 7.11 Å². The van der Waals surface area contributed by atoms with E-state index >= 15 is 0 Å². The predicted octanol–water partition coefficient (Wildman–Crippen LogP) is 3.81. The first-order valence-corrected chi connectivity index (χ1v) is 8.32. The van der Waals surface area contributed by atoms with Crippen LogP contribution in [0.3, 0.4) is 0 Å². The maximum atomic E-state index is 6.38. The number of likely N-dealkylation sites (tertiary alicyclic amines) is 1. The van der Waals surface area contributed by atoms with Crippen LogP contribution in [-0.4, -0.2) is 34.8 Å². The number of hydrogen-bond acceptors (Lipinski definition) is 5. The molecule has 1 fully saturated rings. The quantitative estimate of drug-likeness (QED) is 0.850. The van der Waals surface area contributed by atoms with Gasteiger partial charge in [-0.3, -0.25) is 4.90 Å². The second kappa shape index (κ2) is 6.89. The number of piperidine rings is 1. The van der Waals surface area contributed by atoms with Crippen molar-refractivity contribution in [3.63, 3.8) is 0 Å². The topological polar surface area (TPSA) is 51.4 Å². The molecule has 2 atom stereocenters. The number of benzene rings is 1. The predicted molar refractivity (Wildman–Crippen MR) is 88.9 cm³/mol. The molecule has 0 N–H and O–H groups in total. The van der Waals surface area contributed by atoms with E-state index in [-0.39, 0.29) is 5.92 Å². The van der Waals surface area contributed by atoms with Crippen molar-refractivity contribution in [2.24, 2.45) is 0 Å². The Morgan fingerprint density at radius 3 is 2.87 bits per heavy atom. The van der Waals surface area contributed by atoms with Gasteiger partial charge in [0.15, 0.2) is 0 Å². The van der Waals surface area contributed by atoms with Crippen molar-refractivity contribution in [3.8, 4) is 5.75 Å². The Balaban J connectivity index is 1.75. The van der Waals surface area contributed by atoms with Gasteiger partial charge in [0, 0.05) is 24.5 Å². The van der Waals surface area contributed by atoms with Gasteiger partial charge in [0.05, 0.1) is 13.0 Å². The van der Waals surface area contributed by atoms with E-state index in [1.807, 2.05) is 25.1 Å². The maximum absolute atomic E-state index is 6.38. The lowest BCUT2D eigenvalue weighted by molar-refractivity contribution is 0.119. The second-order valence-electron chi connectivity index (χ2n) is 6.08. The highest BCUT2D eigenvalue weighted by molar-refractivity contribution is 6.31. The Bertz CT molecular complexity index is 674. The zero-order valence-electron chi connectivity index (χ0n) is 13.8. The summed E-state index contributed by atoms with van der Waals surface area (Å²) in [5.41, 5.74) is 1.11. The van der Waals surface area contributed by atoms with Crippen molar-refractivity contribution >= 4 is 11.6 Å². The average molecular weight is 336 g/mol. The fourth-order valence-corrected chi connectivity index (χ4v) is 3.46. The normalized spacial score (nSPS) is 22.3. The van der Waals surface area contributed by atoms with Crippen molar-refractivity contribution in [2.45, 2.75) is 45.2 Å². The van der Waals surface area contributed by atoms with Crippen molar-refractivity contribution < 1.29 is 9.15 Å². The minimum Gasteiger partial charge on any atom is -0.497 e. The number of ether oxygens (including phenoxy) is 1. The van der Waals surface area contributed by atoms with Gasteiger partial charge >= 0.3 is 0 Å². The van der Waals surface area contributed by atoms with Gasteiger partial charge in [0.1, 0.15) is 5.75 Å². The molecule has 0 spiro atoms. The van der Waals surface area contributed by atoms with E-state index in [9.17, 15) is 0 Å². The highest BCUT2D eigenvalue weighted by Crippen LogP contribution is 2.33. The Labute approximate surface area is 141 Å². The first-order valence-electron chi connectivity index (χ1n) is 7.95. The summed E-state index contributed by atoms with van der Waals surface area (Å²) in [4.78, 5) is 2.43. The molecule has 1 aromatic heterocycles. The molecule has 0 bridgehead atoms. The lowest BCUT2D eigenvalue weighted by atomic mass is 9.89. The molecule has 0 radical (unpaired) electrons. The summed E-state index contributed by atoms with van der Waals surface area (Å²) in [5.74, 6) is 2.44. The van der Waals surface area contributed by atoms with E-state index in [4.69, 9.17) is 20.8 Å². The molecule has 0 amide bonds. The van der Waals surface area contributed by atoms with E-state index in [0.29, 0.717) is 11.9 Å². The molecular weight excluding hydrogens is 314 g/mol. The highest BCUT2D eigenvalue weighted by Gasteiger charge is 2.32. The van der Waals surface area contributed by atoms with Gasteiger partial charge in [-0.25, -0.2) is 0 Å². The van der Waals surface area contributed by atoms with Crippen LogP contribution in [0.1, 0.15) is 43.0 Å². The van der Waals surface area contributed by atoms with E-state index < -0.39 is 0 Å². The number of methoxy groups -OCH3 is 1. The summed E-state index contributed by atoms with van der Waals surface area (Å²) in [6, 6.07) is 6.19. The molecule has 23 heavy (non-hydrogen) atoms. The fraction of sp³-hybridized carbons (Fsp3) is 0.529. The van der Waals surface area contributed by atoms with Crippen LogP contribution in [0, 0.1) is 6.92 Å². The summed E-state index contributed by atoms with van der Waals surface area (Å²) in [7, 11) is 1.65. The van der Waals surface area contributed by atoms with Gasteiger partial charge in [-0.2, -0.15) is 0 Å². The number of nitrogens with zero attached hydrogens (tertiary/aromatic N) is 3. The zero-order chi connectivity index (χ0) is 16.4. The molecular formula is C17H22ClN3O2. The molecule has 124 valence electrons. The number of rotatable bonds is 4. The highest BCUT2D eigenvalue weighted by atomic mass is 35.5. The molecule has 2 heterocycles. The van der Waals surface area contributed by atoms with Crippen LogP contribution in [0.15, 0.2) is 22.6 Å². The Morgan fingerprint density at radius 1 is 1.39 bits per heavy atom.